The van der Waals surface area contributed by atoms with Crippen molar-refractivity contribution in [2.75, 3.05) is 0 Å². The largest absolute Gasteiger partial charge is 0.285 e. The van der Waals surface area contributed by atoms with E-state index in [4.69, 9.17) is 9.98 Å². The van der Waals surface area contributed by atoms with Gasteiger partial charge in [-0.05, 0) is 48.3 Å². The first-order chi connectivity index (χ1) is 14.4. The summed E-state index contributed by atoms with van der Waals surface area (Å²) in [6.45, 7) is 0. The van der Waals surface area contributed by atoms with Gasteiger partial charge in [0, 0.05) is 17.4 Å². The topological polar surface area (TPSA) is 30.2 Å². The van der Waals surface area contributed by atoms with Crippen molar-refractivity contribution in [3.63, 3.8) is 0 Å². The van der Waals surface area contributed by atoms with Crippen LogP contribution in [0.25, 0.3) is 16.8 Å². The highest BCUT2D eigenvalue weighted by Crippen LogP contribution is 2.31. The number of hydrogen-bond donors (Lipinski definition) is 0. The van der Waals surface area contributed by atoms with Gasteiger partial charge in [0.15, 0.2) is 0 Å². The highest BCUT2D eigenvalue weighted by Gasteiger charge is 2.17. The van der Waals surface area contributed by atoms with Crippen molar-refractivity contribution >= 4 is 16.8 Å². The molecule has 1 heterocycles. The summed E-state index contributed by atoms with van der Waals surface area (Å²) < 4.78 is 2.09. The molecule has 3 aromatic rings. The van der Waals surface area contributed by atoms with Crippen molar-refractivity contribution in [2.45, 2.75) is 12.8 Å². The number of allylic oxidation sites excluding steroid dienone is 8. The van der Waals surface area contributed by atoms with Gasteiger partial charge >= 0.3 is 0 Å². The molecule has 0 radical (unpaired) electrons. The predicted molar refractivity (Wildman–Crippen MR) is 119 cm³/mol. The molecule has 0 spiro atoms. The van der Waals surface area contributed by atoms with E-state index in [0.29, 0.717) is 5.62 Å². The summed E-state index contributed by atoms with van der Waals surface area (Å²) >= 11 is 0. The molecular formula is C26H21N3. The van der Waals surface area contributed by atoms with Crippen molar-refractivity contribution in [3.8, 4) is 5.69 Å². The zero-order chi connectivity index (χ0) is 19.5. The molecule has 0 unspecified atom stereocenters. The Hall–Kier alpha value is -3.72. The van der Waals surface area contributed by atoms with E-state index in [1.54, 1.807) is 0 Å². The predicted octanol–water partition coefficient (Wildman–Crippen LogP) is 5.79. The Morgan fingerprint density at radius 2 is 1.41 bits per heavy atom. The Morgan fingerprint density at radius 3 is 2.07 bits per heavy atom. The zero-order valence-electron chi connectivity index (χ0n) is 16.1. The summed E-state index contributed by atoms with van der Waals surface area (Å²) in [7, 11) is 0. The lowest BCUT2D eigenvalue weighted by Crippen LogP contribution is -2.25. The molecule has 0 saturated carbocycles. The number of para-hydroxylation sites is 2. The van der Waals surface area contributed by atoms with Gasteiger partial charge in [0.1, 0.15) is 0 Å². The van der Waals surface area contributed by atoms with Crippen LogP contribution < -0.4 is 5.62 Å². The molecule has 29 heavy (non-hydrogen) atoms. The van der Waals surface area contributed by atoms with E-state index >= 15 is 0 Å². The van der Waals surface area contributed by atoms with E-state index < -0.39 is 0 Å². The molecule has 0 saturated heterocycles. The van der Waals surface area contributed by atoms with Crippen LogP contribution >= 0.6 is 0 Å². The van der Waals surface area contributed by atoms with Gasteiger partial charge in [0.05, 0.1) is 11.4 Å². The number of hydrogen-bond acceptors (Lipinski definition) is 2. The summed E-state index contributed by atoms with van der Waals surface area (Å²) in [5.74, 6) is 0. The van der Waals surface area contributed by atoms with Crippen molar-refractivity contribution in [2.24, 2.45) is 4.99 Å². The van der Waals surface area contributed by atoms with Crippen LogP contribution in [0.4, 0.5) is 5.69 Å². The lowest BCUT2D eigenvalue weighted by Gasteiger charge is -2.16. The number of aromatic nitrogens is 2. The van der Waals surface area contributed by atoms with E-state index in [1.165, 1.54) is 16.7 Å². The van der Waals surface area contributed by atoms with Crippen LogP contribution in [-0.2, 0) is 0 Å². The maximum absolute atomic E-state index is 5.09. The molecular weight excluding hydrogens is 354 g/mol. The van der Waals surface area contributed by atoms with Gasteiger partial charge in [-0.1, -0.05) is 72.9 Å². The second-order valence-corrected chi connectivity index (χ2v) is 7.10. The van der Waals surface area contributed by atoms with Crippen molar-refractivity contribution < 1.29 is 0 Å². The molecule has 1 aromatic heterocycles. The number of rotatable bonds is 4. The van der Waals surface area contributed by atoms with Gasteiger partial charge in [0.2, 0.25) is 5.62 Å². The first kappa shape index (κ1) is 17.4. The molecule has 0 atom stereocenters. The minimum Gasteiger partial charge on any atom is -0.285 e. The van der Waals surface area contributed by atoms with Gasteiger partial charge in [-0.3, -0.25) is 4.57 Å². The average Bonchev–Trinajstić information content (AvgIpc) is 3.49. The molecule has 0 N–H and O–H groups in total. The van der Waals surface area contributed by atoms with Crippen LogP contribution in [0.1, 0.15) is 24.1 Å². The summed E-state index contributed by atoms with van der Waals surface area (Å²) in [4.78, 5) is 9.98. The SMILES string of the molecule is C1=CCC(c2cn(-c3ccccc3)c(=Nc3ccccc3)nc2C2=CC=CC2)=C1. The summed E-state index contributed by atoms with van der Waals surface area (Å²) in [5.41, 5.74) is 7.33. The second kappa shape index (κ2) is 7.72. The van der Waals surface area contributed by atoms with E-state index in [-0.39, 0.29) is 0 Å². The molecule has 5 rings (SSSR count). The zero-order valence-corrected chi connectivity index (χ0v) is 16.1. The van der Waals surface area contributed by atoms with E-state index in [1.807, 2.05) is 48.5 Å². The van der Waals surface area contributed by atoms with Gasteiger partial charge in [-0.15, -0.1) is 0 Å². The molecule has 140 valence electrons. The average molecular weight is 375 g/mol. The third-order valence-corrected chi connectivity index (χ3v) is 5.15. The number of benzene rings is 2. The Labute approximate surface area is 170 Å². The highest BCUT2D eigenvalue weighted by molar-refractivity contribution is 5.81. The van der Waals surface area contributed by atoms with Crippen LogP contribution in [0.2, 0.25) is 0 Å². The molecule has 0 aliphatic heterocycles. The van der Waals surface area contributed by atoms with Crippen LogP contribution in [0.15, 0.2) is 108 Å². The summed E-state index contributed by atoms with van der Waals surface area (Å²) in [5, 5.41) is 0. The monoisotopic (exact) mass is 375 g/mol. The van der Waals surface area contributed by atoms with Gasteiger partial charge in [0.25, 0.3) is 0 Å². The molecule has 0 amide bonds. The van der Waals surface area contributed by atoms with Crippen LogP contribution in [-0.4, -0.2) is 9.55 Å². The van der Waals surface area contributed by atoms with Crippen LogP contribution in [0.3, 0.4) is 0 Å². The first-order valence-electron chi connectivity index (χ1n) is 9.89. The normalized spacial score (nSPS) is 15.7. The Balaban J connectivity index is 1.78. The standard InChI is InChI=1S/C26H21N3/c1-3-15-22(16-4-1)27-26-28-25(21-13-9-10-14-21)24(20-11-7-8-12-20)19-29(26)23-17-5-2-6-18-23/h1-11,13,15-19H,12,14H2. The lowest BCUT2D eigenvalue weighted by molar-refractivity contribution is 0.860. The highest BCUT2D eigenvalue weighted by atomic mass is 15.1. The molecule has 2 aliphatic rings. The van der Waals surface area contributed by atoms with E-state index in [9.17, 15) is 0 Å². The summed E-state index contributed by atoms with van der Waals surface area (Å²) in [6.07, 6.45) is 17.0. The number of nitrogens with zero attached hydrogens (tertiary/aromatic N) is 3. The van der Waals surface area contributed by atoms with E-state index in [2.05, 4.69) is 59.4 Å². The van der Waals surface area contributed by atoms with Crippen molar-refractivity contribution in [1.82, 2.24) is 9.55 Å². The molecule has 0 bridgehead atoms. The summed E-state index contributed by atoms with van der Waals surface area (Å²) in [6, 6.07) is 20.3. The fourth-order valence-corrected chi connectivity index (χ4v) is 3.69. The molecule has 3 heteroatoms. The minimum atomic E-state index is 0.681. The fourth-order valence-electron chi connectivity index (χ4n) is 3.69. The van der Waals surface area contributed by atoms with Gasteiger partial charge in [-0.2, -0.15) is 0 Å². The lowest BCUT2D eigenvalue weighted by atomic mass is 9.99. The minimum absolute atomic E-state index is 0.681. The Kier molecular flexibility index (Phi) is 4.63. The van der Waals surface area contributed by atoms with Crippen LogP contribution in [0.5, 0.6) is 0 Å². The Bertz CT molecular complexity index is 1220. The fraction of sp³-hybridized carbons (Fsp3) is 0.0769. The third-order valence-electron chi connectivity index (χ3n) is 5.15. The van der Waals surface area contributed by atoms with Crippen LogP contribution in [0, 0.1) is 0 Å². The molecule has 3 nitrogen and oxygen atoms in total. The van der Waals surface area contributed by atoms with Crippen molar-refractivity contribution in [3.05, 3.63) is 120 Å². The molecule has 2 aliphatic carbocycles. The third kappa shape index (κ3) is 3.55. The first-order valence-corrected chi connectivity index (χ1v) is 9.89. The second-order valence-electron chi connectivity index (χ2n) is 7.10. The Morgan fingerprint density at radius 1 is 0.759 bits per heavy atom. The molecule has 0 fully saturated rings. The smallest absolute Gasteiger partial charge is 0.235 e. The quantitative estimate of drug-likeness (QED) is 0.567. The molecule has 2 aromatic carbocycles. The maximum atomic E-state index is 5.09. The maximum Gasteiger partial charge on any atom is 0.235 e. The van der Waals surface area contributed by atoms with Gasteiger partial charge < -0.3 is 0 Å². The van der Waals surface area contributed by atoms with Gasteiger partial charge in [-0.25, -0.2) is 9.98 Å². The van der Waals surface area contributed by atoms with E-state index in [0.717, 1.165) is 29.9 Å². The van der Waals surface area contributed by atoms with Crippen molar-refractivity contribution in [1.29, 1.82) is 0 Å².